The van der Waals surface area contributed by atoms with Gasteiger partial charge in [0.1, 0.15) is 18.5 Å². The average Bonchev–Trinajstić information content (AvgIpc) is 2.61. The number of nitrogens with zero attached hydrogens (tertiary/aromatic N) is 1. The maximum atomic E-state index is 10.00. The monoisotopic (exact) mass is 388 g/mol. The molecule has 126 valence electrons. The van der Waals surface area contributed by atoms with Gasteiger partial charge in [0.2, 0.25) is 0 Å². The van der Waals surface area contributed by atoms with Crippen LogP contribution < -0.4 is 10.1 Å². The lowest BCUT2D eigenvalue weighted by Gasteiger charge is -2.13. The van der Waals surface area contributed by atoms with Gasteiger partial charge in [-0.25, -0.2) is 0 Å². The van der Waals surface area contributed by atoms with Crippen molar-refractivity contribution in [3.05, 3.63) is 72.6 Å². The number of aliphatic hydroxyl groups excluding tert-OH is 1. The molecule has 1 aromatic heterocycles. The fourth-order valence-electron chi connectivity index (χ4n) is 2.39. The van der Waals surface area contributed by atoms with Crippen LogP contribution in [0.2, 0.25) is 0 Å². The number of aromatic nitrogens is 1. The first kappa shape index (κ1) is 18.4. The third kappa shape index (κ3) is 5.30. The van der Waals surface area contributed by atoms with Crippen LogP contribution >= 0.6 is 17.0 Å². The summed E-state index contributed by atoms with van der Waals surface area (Å²) in [6.45, 7) is 1.42. The van der Waals surface area contributed by atoms with Crippen LogP contribution in [0.4, 0.5) is 0 Å². The molecule has 3 rings (SSSR count). The Kier molecular flexibility index (Phi) is 7.18. The largest absolute Gasteiger partial charge is 0.491 e. The molecule has 1 atom stereocenters. The molecule has 0 aliphatic rings. The van der Waals surface area contributed by atoms with Gasteiger partial charge in [-0.3, -0.25) is 4.98 Å². The molecule has 0 radical (unpaired) electrons. The van der Waals surface area contributed by atoms with Crippen molar-refractivity contribution >= 4 is 27.8 Å². The number of nitrogens with one attached hydrogen (secondary N) is 1. The summed E-state index contributed by atoms with van der Waals surface area (Å²) in [5.74, 6) is 0.773. The van der Waals surface area contributed by atoms with E-state index in [1.807, 2.05) is 54.7 Å². The Balaban J connectivity index is 0.00000208. The van der Waals surface area contributed by atoms with Crippen molar-refractivity contribution in [2.75, 3.05) is 13.2 Å². The zero-order chi connectivity index (χ0) is 15.9. The molecule has 0 amide bonds. The number of benzene rings is 2. The van der Waals surface area contributed by atoms with Crippen LogP contribution in [0.1, 0.15) is 5.56 Å². The van der Waals surface area contributed by atoms with Gasteiger partial charge in [-0.1, -0.05) is 36.4 Å². The van der Waals surface area contributed by atoms with Crippen molar-refractivity contribution in [2.45, 2.75) is 12.6 Å². The van der Waals surface area contributed by atoms with E-state index in [0.29, 0.717) is 13.1 Å². The van der Waals surface area contributed by atoms with Crippen molar-refractivity contribution in [2.24, 2.45) is 0 Å². The van der Waals surface area contributed by atoms with E-state index in [4.69, 9.17) is 4.74 Å². The maximum Gasteiger partial charge on any atom is 0.120 e. The second kappa shape index (κ2) is 9.37. The van der Waals surface area contributed by atoms with Gasteiger partial charge in [0, 0.05) is 25.5 Å². The van der Waals surface area contributed by atoms with Gasteiger partial charge in [-0.15, -0.1) is 17.0 Å². The summed E-state index contributed by atoms with van der Waals surface area (Å²) in [5.41, 5.74) is 1.09. The van der Waals surface area contributed by atoms with Gasteiger partial charge in [0.25, 0.3) is 0 Å². The molecule has 5 heteroatoms. The number of ether oxygens (including phenoxy) is 1. The first-order chi connectivity index (χ1) is 11.3. The zero-order valence-corrected chi connectivity index (χ0v) is 15.0. The summed E-state index contributed by atoms with van der Waals surface area (Å²) >= 11 is 0. The molecule has 0 saturated heterocycles. The molecule has 1 heterocycles. The third-order valence-corrected chi connectivity index (χ3v) is 3.60. The van der Waals surface area contributed by atoms with Gasteiger partial charge < -0.3 is 15.2 Å². The molecule has 2 aromatic carbocycles. The van der Waals surface area contributed by atoms with Gasteiger partial charge >= 0.3 is 0 Å². The Morgan fingerprint density at radius 3 is 2.67 bits per heavy atom. The molecular formula is C19H21BrN2O2. The summed E-state index contributed by atoms with van der Waals surface area (Å²) in [7, 11) is 0. The number of hydrogen-bond acceptors (Lipinski definition) is 4. The van der Waals surface area contributed by atoms with Gasteiger partial charge in [0.15, 0.2) is 0 Å². The van der Waals surface area contributed by atoms with E-state index in [1.165, 1.54) is 5.39 Å². The minimum Gasteiger partial charge on any atom is -0.491 e. The Labute approximate surface area is 152 Å². The van der Waals surface area contributed by atoms with Crippen LogP contribution in [0.15, 0.2) is 67.0 Å². The molecule has 24 heavy (non-hydrogen) atoms. The fraction of sp³-hybridized carbons (Fsp3) is 0.211. The molecule has 0 aliphatic heterocycles. The van der Waals surface area contributed by atoms with Crippen molar-refractivity contribution < 1.29 is 9.84 Å². The normalized spacial score (nSPS) is 11.7. The Morgan fingerprint density at radius 2 is 1.88 bits per heavy atom. The van der Waals surface area contributed by atoms with Crippen molar-refractivity contribution in [3.63, 3.8) is 0 Å². The number of halogens is 1. The average molecular weight is 389 g/mol. The highest BCUT2D eigenvalue weighted by Gasteiger charge is 2.05. The fourth-order valence-corrected chi connectivity index (χ4v) is 2.39. The van der Waals surface area contributed by atoms with Crippen LogP contribution in [0.25, 0.3) is 10.8 Å². The summed E-state index contributed by atoms with van der Waals surface area (Å²) in [6, 6.07) is 18.0. The number of hydrogen-bond donors (Lipinski definition) is 2. The van der Waals surface area contributed by atoms with E-state index in [2.05, 4.69) is 16.4 Å². The van der Waals surface area contributed by atoms with E-state index in [9.17, 15) is 5.11 Å². The predicted octanol–water partition coefficient (Wildman–Crippen LogP) is 3.34. The lowest BCUT2D eigenvalue weighted by molar-refractivity contribution is 0.106. The number of rotatable bonds is 7. The summed E-state index contributed by atoms with van der Waals surface area (Å²) in [4.78, 5) is 4.06. The summed E-state index contributed by atoms with van der Waals surface area (Å²) < 4.78 is 5.68. The van der Waals surface area contributed by atoms with Crippen LogP contribution in [0, 0.1) is 0 Å². The smallest absolute Gasteiger partial charge is 0.120 e. The molecule has 0 saturated carbocycles. The van der Waals surface area contributed by atoms with Crippen LogP contribution in [0.3, 0.4) is 0 Å². The quantitative estimate of drug-likeness (QED) is 0.651. The summed E-state index contributed by atoms with van der Waals surface area (Å²) in [5, 5.41) is 15.5. The van der Waals surface area contributed by atoms with E-state index in [0.717, 1.165) is 16.7 Å². The van der Waals surface area contributed by atoms with Gasteiger partial charge in [0.05, 0.1) is 0 Å². The summed E-state index contributed by atoms with van der Waals surface area (Å²) in [6.07, 6.45) is 3.00. The van der Waals surface area contributed by atoms with Crippen molar-refractivity contribution in [3.8, 4) is 5.75 Å². The number of pyridine rings is 1. The molecular weight excluding hydrogens is 368 g/mol. The molecule has 0 fully saturated rings. The SMILES string of the molecule is Br.OC(CNCc1cccnc1)COc1ccc2ccccc2c1. The molecule has 2 N–H and O–H groups in total. The third-order valence-electron chi connectivity index (χ3n) is 3.60. The Morgan fingerprint density at radius 1 is 1.04 bits per heavy atom. The highest BCUT2D eigenvalue weighted by atomic mass is 79.9. The van der Waals surface area contributed by atoms with Gasteiger partial charge in [-0.05, 0) is 34.5 Å². The van der Waals surface area contributed by atoms with E-state index in [-0.39, 0.29) is 23.6 Å². The lowest BCUT2D eigenvalue weighted by Crippen LogP contribution is -2.31. The van der Waals surface area contributed by atoms with E-state index in [1.54, 1.807) is 6.20 Å². The molecule has 4 nitrogen and oxygen atoms in total. The highest BCUT2D eigenvalue weighted by Crippen LogP contribution is 2.20. The molecule has 0 bridgehead atoms. The Bertz CT molecular complexity index is 752. The maximum absolute atomic E-state index is 10.00. The molecule has 3 aromatic rings. The topological polar surface area (TPSA) is 54.4 Å². The minimum absolute atomic E-state index is 0. The highest BCUT2D eigenvalue weighted by molar-refractivity contribution is 8.93. The van der Waals surface area contributed by atoms with E-state index >= 15 is 0 Å². The zero-order valence-electron chi connectivity index (χ0n) is 13.3. The van der Waals surface area contributed by atoms with Crippen molar-refractivity contribution in [1.29, 1.82) is 0 Å². The Hall–Kier alpha value is -1.95. The number of fused-ring (bicyclic) bond motifs is 1. The number of aliphatic hydroxyl groups is 1. The van der Waals surface area contributed by atoms with Crippen LogP contribution in [0.5, 0.6) is 5.75 Å². The minimum atomic E-state index is -0.557. The first-order valence-corrected chi connectivity index (χ1v) is 7.70. The van der Waals surface area contributed by atoms with E-state index < -0.39 is 6.10 Å². The lowest BCUT2D eigenvalue weighted by atomic mass is 10.1. The second-order valence-corrected chi connectivity index (χ2v) is 5.47. The predicted molar refractivity (Wildman–Crippen MR) is 102 cm³/mol. The second-order valence-electron chi connectivity index (χ2n) is 5.47. The van der Waals surface area contributed by atoms with Crippen LogP contribution in [-0.2, 0) is 6.54 Å². The molecule has 0 aliphatic carbocycles. The molecule has 0 spiro atoms. The van der Waals surface area contributed by atoms with Gasteiger partial charge in [-0.2, -0.15) is 0 Å². The first-order valence-electron chi connectivity index (χ1n) is 7.70. The van der Waals surface area contributed by atoms with Crippen molar-refractivity contribution in [1.82, 2.24) is 10.3 Å². The molecule has 1 unspecified atom stereocenters. The van der Waals surface area contributed by atoms with Crippen LogP contribution in [-0.4, -0.2) is 29.3 Å². The standard InChI is InChI=1S/C19H20N2O2.BrH/c22-18(13-21-12-15-4-3-9-20-11-15)14-23-19-8-7-16-5-1-2-6-17(16)10-19;/h1-11,18,21-22H,12-14H2;1H.